The van der Waals surface area contributed by atoms with E-state index in [4.69, 9.17) is 0 Å². The smallest absolute Gasteiger partial charge is 0.0315 e. The second kappa shape index (κ2) is 4.56. The third kappa shape index (κ3) is 2.32. The lowest BCUT2D eigenvalue weighted by atomic mass is 10.1. The van der Waals surface area contributed by atoms with Crippen LogP contribution in [0.15, 0.2) is 18.5 Å². The van der Waals surface area contributed by atoms with Gasteiger partial charge in [-0.15, -0.1) is 0 Å². The number of aromatic nitrogens is 1. The molecule has 1 aliphatic rings. The standard InChI is InChI=1S/C12H18N2/c1-2-6-13-8-11-9-14-7-5-12(11)10-3-4-10/h5,7,9-10,13H,2-4,6,8H2,1H3. The Morgan fingerprint density at radius 3 is 3.07 bits per heavy atom. The number of hydrogen-bond donors (Lipinski definition) is 1. The van der Waals surface area contributed by atoms with Crippen LogP contribution in [-0.2, 0) is 6.54 Å². The molecule has 0 aliphatic heterocycles. The monoisotopic (exact) mass is 190 g/mol. The van der Waals surface area contributed by atoms with Crippen LogP contribution in [0.5, 0.6) is 0 Å². The predicted octanol–water partition coefficient (Wildman–Crippen LogP) is 2.46. The van der Waals surface area contributed by atoms with Gasteiger partial charge in [0.05, 0.1) is 0 Å². The van der Waals surface area contributed by atoms with Gasteiger partial charge in [0.1, 0.15) is 0 Å². The summed E-state index contributed by atoms with van der Waals surface area (Å²) in [5.74, 6) is 0.830. The summed E-state index contributed by atoms with van der Waals surface area (Å²) in [6.45, 7) is 4.27. The van der Waals surface area contributed by atoms with Gasteiger partial charge in [0.25, 0.3) is 0 Å². The van der Waals surface area contributed by atoms with E-state index in [-0.39, 0.29) is 0 Å². The number of hydrogen-bond acceptors (Lipinski definition) is 2. The fourth-order valence-electron chi connectivity index (χ4n) is 1.78. The average Bonchev–Trinajstić information content (AvgIpc) is 3.03. The van der Waals surface area contributed by atoms with Gasteiger partial charge in [0, 0.05) is 18.9 Å². The number of pyridine rings is 1. The van der Waals surface area contributed by atoms with Gasteiger partial charge >= 0.3 is 0 Å². The van der Waals surface area contributed by atoms with E-state index in [2.05, 4.69) is 23.3 Å². The molecule has 0 amide bonds. The Morgan fingerprint density at radius 2 is 2.36 bits per heavy atom. The Morgan fingerprint density at radius 1 is 1.50 bits per heavy atom. The molecule has 1 aromatic rings. The molecule has 1 aliphatic carbocycles. The van der Waals surface area contributed by atoms with Crippen LogP contribution in [0.4, 0.5) is 0 Å². The van der Waals surface area contributed by atoms with E-state index < -0.39 is 0 Å². The highest BCUT2D eigenvalue weighted by Crippen LogP contribution is 2.41. The lowest BCUT2D eigenvalue weighted by molar-refractivity contribution is 0.669. The van der Waals surface area contributed by atoms with Crippen molar-refractivity contribution in [2.75, 3.05) is 6.54 Å². The molecule has 1 saturated carbocycles. The normalized spacial score (nSPS) is 15.8. The molecule has 2 nitrogen and oxygen atoms in total. The maximum absolute atomic E-state index is 4.19. The fraction of sp³-hybridized carbons (Fsp3) is 0.583. The summed E-state index contributed by atoms with van der Waals surface area (Å²) in [6.07, 6.45) is 7.85. The van der Waals surface area contributed by atoms with Crippen LogP contribution in [0.1, 0.15) is 43.2 Å². The van der Waals surface area contributed by atoms with Crippen molar-refractivity contribution >= 4 is 0 Å². The largest absolute Gasteiger partial charge is 0.313 e. The SMILES string of the molecule is CCCNCc1cnccc1C1CC1. The molecule has 0 aromatic carbocycles. The van der Waals surface area contributed by atoms with E-state index in [0.717, 1.165) is 19.0 Å². The minimum absolute atomic E-state index is 0.830. The Bertz CT molecular complexity index is 292. The zero-order valence-corrected chi connectivity index (χ0v) is 8.79. The first-order valence-corrected chi connectivity index (χ1v) is 5.55. The zero-order valence-electron chi connectivity index (χ0n) is 8.79. The first kappa shape index (κ1) is 9.66. The molecule has 0 unspecified atom stereocenters. The molecule has 1 aromatic heterocycles. The van der Waals surface area contributed by atoms with Crippen LogP contribution in [0.3, 0.4) is 0 Å². The molecule has 76 valence electrons. The summed E-state index contributed by atoms with van der Waals surface area (Å²) in [5.41, 5.74) is 2.91. The molecule has 1 N–H and O–H groups in total. The maximum Gasteiger partial charge on any atom is 0.0315 e. The first-order chi connectivity index (χ1) is 6.92. The van der Waals surface area contributed by atoms with E-state index in [1.54, 1.807) is 0 Å². The summed E-state index contributed by atoms with van der Waals surface area (Å²) >= 11 is 0. The van der Waals surface area contributed by atoms with Crippen LogP contribution in [0.2, 0.25) is 0 Å². The van der Waals surface area contributed by atoms with Gasteiger partial charge in [-0.1, -0.05) is 6.92 Å². The molecule has 0 spiro atoms. The lowest BCUT2D eigenvalue weighted by Gasteiger charge is -2.08. The van der Waals surface area contributed by atoms with Crippen LogP contribution >= 0.6 is 0 Å². The Labute approximate surface area is 85.7 Å². The molecule has 14 heavy (non-hydrogen) atoms. The minimum Gasteiger partial charge on any atom is -0.313 e. The molecule has 0 bridgehead atoms. The van der Waals surface area contributed by atoms with Crippen LogP contribution in [0.25, 0.3) is 0 Å². The van der Waals surface area contributed by atoms with E-state index in [1.165, 1.54) is 30.4 Å². The van der Waals surface area contributed by atoms with Gasteiger partial charge in [0.15, 0.2) is 0 Å². The second-order valence-electron chi connectivity index (χ2n) is 4.03. The number of nitrogens with one attached hydrogen (secondary N) is 1. The van der Waals surface area contributed by atoms with Crippen LogP contribution < -0.4 is 5.32 Å². The fourth-order valence-corrected chi connectivity index (χ4v) is 1.78. The Hall–Kier alpha value is -0.890. The second-order valence-corrected chi connectivity index (χ2v) is 4.03. The molecule has 1 heterocycles. The van der Waals surface area contributed by atoms with E-state index in [9.17, 15) is 0 Å². The molecule has 2 rings (SSSR count). The van der Waals surface area contributed by atoms with Crippen LogP contribution in [0, 0.1) is 0 Å². The quantitative estimate of drug-likeness (QED) is 0.721. The van der Waals surface area contributed by atoms with Crippen molar-refractivity contribution in [2.24, 2.45) is 0 Å². The zero-order chi connectivity index (χ0) is 9.80. The first-order valence-electron chi connectivity index (χ1n) is 5.55. The highest BCUT2D eigenvalue weighted by Gasteiger charge is 2.25. The van der Waals surface area contributed by atoms with Gasteiger partial charge in [-0.2, -0.15) is 0 Å². The topological polar surface area (TPSA) is 24.9 Å². The third-order valence-corrected chi connectivity index (χ3v) is 2.70. The van der Waals surface area contributed by atoms with Crippen molar-refractivity contribution in [3.8, 4) is 0 Å². The predicted molar refractivity (Wildman–Crippen MR) is 58.2 cm³/mol. The molecular formula is C12H18N2. The van der Waals surface area contributed by atoms with E-state index in [0.29, 0.717) is 0 Å². The maximum atomic E-state index is 4.19. The van der Waals surface area contributed by atoms with Crippen LogP contribution in [-0.4, -0.2) is 11.5 Å². The average molecular weight is 190 g/mol. The number of rotatable bonds is 5. The summed E-state index contributed by atoms with van der Waals surface area (Å²) < 4.78 is 0. The molecule has 0 saturated heterocycles. The van der Waals surface area contributed by atoms with E-state index in [1.807, 2.05) is 12.4 Å². The van der Waals surface area contributed by atoms with Crippen molar-refractivity contribution in [3.05, 3.63) is 29.6 Å². The van der Waals surface area contributed by atoms with Gasteiger partial charge in [0.2, 0.25) is 0 Å². The molecule has 0 radical (unpaired) electrons. The molecule has 2 heteroatoms. The Balaban J connectivity index is 2.00. The van der Waals surface area contributed by atoms with Gasteiger partial charge in [-0.3, -0.25) is 4.98 Å². The van der Waals surface area contributed by atoms with E-state index >= 15 is 0 Å². The van der Waals surface area contributed by atoms with Gasteiger partial charge in [-0.25, -0.2) is 0 Å². The summed E-state index contributed by atoms with van der Waals surface area (Å²) in [5, 5.41) is 3.43. The summed E-state index contributed by atoms with van der Waals surface area (Å²) in [4.78, 5) is 4.19. The molecule has 0 atom stereocenters. The van der Waals surface area contributed by atoms with Gasteiger partial charge < -0.3 is 5.32 Å². The van der Waals surface area contributed by atoms with Crippen molar-refractivity contribution in [3.63, 3.8) is 0 Å². The van der Waals surface area contributed by atoms with Crippen molar-refractivity contribution in [1.29, 1.82) is 0 Å². The Kier molecular flexibility index (Phi) is 3.14. The van der Waals surface area contributed by atoms with Gasteiger partial charge in [-0.05, 0) is 48.9 Å². The molecular weight excluding hydrogens is 172 g/mol. The molecule has 1 fully saturated rings. The third-order valence-electron chi connectivity index (χ3n) is 2.70. The minimum atomic E-state index is 0.830. The van der Waals surface area contributed by atoms with Crippen molar-refractivity contribution in [2.45, 2.75) is 38.6 Å². The summed E-state index contributed by atoms with van der Waals surface area (Å²) in [6, 6.07) is 2.18. The number of nitrogens with zero attached hydrogens (tertiary/aromatic N) is 1. The van der Waals surface area contributed by atoms with Crippen molar-refractivity contribution in [1.82, 2.24) is 10.3 Å². The lowest BCUT2D eigenvalue weighted by Crippen LogP contribution is -2.15. The highest BCUT2D eigenvalue weighted by molar-refractivity contribution is 5.30. The summed E-state index contributed by atoms with van der Waals surface area (Å²) in [7, 11) is 0. The van der Waals surface area contributed by atoms with Crippen molar-refractivity contribution < 1.29 is 0 Å². The highest BCUT2D eigenvalue weighted by atomic mass is 14.8.